The topological polar surface area (TPSA) is 64.1 Å². The van der Waals surface area contributed by atoms with Gasteiger partial charge >= 0.3 is 0 Å². The van der Waals surface area contributed by atoms with E-state index in [1.54, 1.807) is 11.0 Å². The summed E-state index contributed by atoms with van der Waals surface area (Å²) in [6, 6.07) is 0. The molecule has 0 spiro atoms. The number of piperidine rings is 2. The zero-order chi connectivity index (χ0) is 17.0. The average molecular weight is 323 g/mol. The van der Waals surface area contributed by atoms with E-state index in [1.807, 2.05) is 23.9 Å². The Labute approximate surface area is 138 Å². The second-order valence-corrected chi connectivity index (χ2v) is 7.11. The fraction of sp³-hybridized carbons (Fsp3) is 0.765. The highest BCUT2D eigenvalue weighted by Crippen LogP contribution is 2.26. The number of carbonyl (C=O) groups excluding carboxylic acids is 2. The minimum absolute atomic E-state index is 0.105. The van der Waals surface area contributed by atoms with Crippen molar-refractivity contribution in [1.29, 1.82) is 0 Å². The second kappa shape index (κ2) is 7.45. The number of aliphatic hydroxyl groups is 1. The van der Waals surface area contributed by atoms with Crippen molar-refractivity contribution < 1.29 is 14.7 Å². The Hall–Kier alpha value is -1.40. The van der Waals surface area contributed by atoms with Crippen molar-refractivity contribution in [1.82, 2.24) is 14.7 Å². The number of likely N-dealkylation sites (N-methyl/N-ethyl adjacent to an activating group) is 1. The lowest BCUT2D eigenvalue weighted by Gasteiger charge is -2.41. The maximum absolute atomic E-state index is 12.7. The summed E-state index contributed by atoms with van der Waals surface area (Å²) in [7, 11) is 3.89. The molecule has 130 valence electrons. The van der Waals surface area contributed by atoms with Crippen LogP contribution in [-0.2, 0) is 9.59 Å². The van der Waals surface area contributed by atoms with Crippen molar-refractivity contribution in [3.63, 3.8) is 0 Å². The van der Waals surface area contributed by atoms with E-state index in [-0.39, 0.29) is 17.7 Å². The summed E-state index contributed by atoms with van der Waals surface area (Å²) in [5.74, 6) is 0.110. The minimum atomic E-state index is -0.697. The highest BCUT2D eigenvalue weighted by atomic mass is 16.3. The van der Waals surface area contributed by atoms with Gasteiger partial charge in [0.1, 0.15) is 0 Å². The SMILES string of the molecule is C=CCN1CC(C(=O)N2CCC(O)(CN(C)C)CC2)CCC1=O. The molecule has 0 aromatic rings. The molecule has 0 aromatic heterocycles. The number of carbonyl (C=O) groups is 2. The predicted molar refractivity (Wildman–Crippen MR) is 88.8 cm³/mol. The van der Waals surface area contributed by atoms with Crippen LogP contribution in [0.15, 0.2) is 12.7 Å². The van der Waals surface area contributed by atoms with Crippen LogP contribution in [0.25, 0.3) is 0 Å². The fourth-order valence-corrected chi connectivity index (χ4v) is 3.60. The van der Waals surface area contributed by atoms with Crippen molar-refractivity contribution in [2.45, 2.75) is 31.3 Å². The van der Waals surface area contributed by atoms with E-state index >= 15 is 0 Å². The smallest absolute Gasteiger partial charge is 0.227 e. The van der Waals surface area contributed by atoms with Crippen molar-refractivity contribution in [2.24, 2.45) is 5.92 Å². The van der Waals surface area contributed by atoms with Gasteiger partial charge < -0.3 is 19.8 Å². The molecule has 2 saturated heterocycles. The molecule has 2 amide bonds. The van der Waals surface area contributed by atoms with Gasteiger partial charge in [-0.25, -0.2) is 0 Å². The van der Waals surface area contributed by atoms with Crippen molar-refractivity contribution in [3.8, 4) is 0 Å². The number of nitrogens with zero attached hydrogens (tertiary/aromatic N) is 3. The minimum Gasteiger partial charge on any atom is -0.388 e. The average Bonchev–Trinajstić information content (AvgIpc) is 2.49. The van der Waals surface area contributed by atoms with Crippen LogP contribution in [0.1, 0.15) is 25.7 Å². The molecule has 0 aromatic carbocycles. The van der Waals surface area contributed by atoms with Gasteiger partial charge in [-0.1, -0.05) is 6.08 Å². The van der Waals surface area contributed by atoms with E-state index in [2.05, 4.69) is 6.58 Å². The Kier molecular flexibility index (Phi) is 5.81. The van der Waals surface area contributed by atoms with Crippen molar-refractivity contribution in [3.05, 3.63) is 12.7 Å². The Morgan fingerprint density at radius 3 is 2.65 bits per heavy atom. The Morgan fingerprint density at radius 1 is 1.43 bits per heavy atom. The maximum Gasteiger partial charge on any atom is 0.227 e. The number of likely N-dealkylation sites (tertiary alicyclic amines) is 2. The lowest BCUT2D eigenvalue weighted by molar-refractivity contribution is -0.145. The summed E-state index contributed by atoms with van der Waals surface area (Å²) >= 11 is 0. The van der Waals surface area contributed by atoms with Crippen LogP contribution in [0.2, 0.25) is 0 Å². The highest BCUT2D eigenvalue weighted by Gasteiger charge is 2.37. The molecular weight excluding hydrogens is 294 g/mol. The zero-order valence-electron chi connectivity index (χ0n) is 14.3. The molecule has 1 N–H and O–H groups in total. The van der Waals surface area contributed by atoms with Crippen LogP contribution in [-0.4, -0.2) is 84.0 Å². The molecule has 0 saturated carbocycles. The molecule has 23 heavy (non-hydrogen) atoms. The molecule has 2 heterocycles. The molecule has 2 aliphatic rings. The molecule has 2 fully saturated rings. The monoisotopic (exact) mass is 323 g/mol. The van der Waals surface area contributed by atoms with Gasteiger partial charge in [-0.3, -0.25) is 9.59 Å². The molecule has 1 atom stereocenters. The number of amides is 2. The Morgan fingerprint density at radius 2 is 2.09 bits per heavy atom. The van der Waals surface area contributed by atoms with E-state index in [0.29, 0.717) is 58.4 Å². The van der Waals surface area contributed by atoms with Crippen LogP contribution in [0.3, 0.4) is 0 Å². The summed E-state index contributed by atoms with van der Waals surface area (Å²) in [6.07, 6.45) is 3.98. The standard InChI is InChI=1S/C17H29N3O3/c1-4-9-20-12-14(5-6-15(20)21)16(22)19-10-7-17(23,8-11-19)13-18(2)3/h4,14,23H,1,5-13H2,2-3H3. The zero-order valence-corrected chi connectivity index (χ0v) is 14.3. The Balaban J connectivity index is 1.89. The Bertz CT molecular complexity index is 456. The molecule has 0 aliphatic carbocycles. The summed E-state index contributed by atoms with van der Waals surface area (Å²) in [5.41, 5.74) is -0.697. The van der Waals surface area contributed by atoms with Crippen LogP contribution in [0.5, 0.6) is 0 Å². The lowest BCUT2D eigenvalue weighted by atomic mass is 9.89. The molecule has 2 aliphatic heterocycles. The first-order chi connectivity index (χ1) is 10.8. The first-order valence-corrected chi connectivity index (χ1v) is 8.39. The van der Waals surface area contributed by atoms with Gasteiger partial charge in [-0.05, 0) is 33.4 Å². The first kappa shape index (κ1) is 17.9. The van der Waals surface area contributed by atoms with E-state index in [9.17, 15) is 14.7 Å². The number of rotatable bonds is 5. The summed E-state index contributed by atoms with van der Waals surface area (Å²) in [5, 5.41) is 10.6. The van der Waals surface area contributed by atoms with Gasteiger partial charge in [0.15, 0.2) is 0 Å². The number of hydrogen-bond donors (Lipinski definition) is 1. The fourth-order valence-electron chi connectivity index (χ4n) is 3.60. The van der Waals surface area contributed by atoms with Crippen LogP contribution in [0, 0.1) is 5.92 Å². The molecule has 2 rings (SSSR count). The van der Waals surface area contributed by atoms with E-state index < -0.39 is 5.60 Å². The van der Waals surface area contributed by atoms with E-state index in [4.69, 9.17) is 0 Å². The number of hydrogen-bond acceptors (Lipinski definition) is 4. The maximum atomic E-state index is 12.7. The van der Waals surface area contributed by atoms with E-state index in [0.717, 1.165) is 0 Å². The molecular formula is C17H29N3O3. The van der Waals surface area contributed by atoms with Crippen LogP contribution >= 0.6 is 0 Å². The summed E-state index contributed by atoms with van der Waals surface area (Å²) < 4.78 is 0. The molecule has 0 radical (unpaired) electrons. The molecule has 6 heteroatoms. The third-order valence-electron chi connectivity index (χ3n) is 4.82. The lowest BCUT2D eigenvalue weighted by Crippen LogP contribution is -2.54. The molecule has 6 nitrogen and oxygen atoms in total. The van der Waals surface area contributed by atoms with E-state index in [1.165, 1.54) is 0 Å². The van der Waals surface area contributed by atoms with Crippen molar-refractivity contribution >= 4 is 11.8 Å². The largest absolute Gasteiger partial charge is 0.388 e. The van der Waals surface area contributed by atoms with Gasteiger partial charge in [0, 0.05) is 39.1 Å². The summed E-state index contributed by atoms with van der Waals surface area (Å²) in [4.78, 5) is 30.1. The van der Waals surface area contributed by atoms with Crippen molar-refractivity contribution in [2.75, 3.05) is 46.8 Å². The first-order valence-electron chi connectivity index (χ1n) is 8.39. The third kappa shape index (κ3) is 4.54. The predicted octanol–water partition coefficient (Wildman–Crippen LogP) is 0.326. The van der Waals surface area contributed by atoms with Gasteiger partial charge in [0.2, 0.25) is 11.8 Å². The van der Waals surface area contributed by atoms with Gasteiger partial charge in [0.25, 0.3) is 0 Å². The quantitative estimate of drug-likeness (QED) is 0.741. The van der Waals surface area contributed by atoms with Crippen LogP contribution in [0.4, 0.5) is 0 Å². The normalized spacial score (nSPS) is 24.9. The third-order valence-corrected chi connectivity index (χ3v) is 4.82. The van der Waals surface area contributed by atoms with Crippen LogP contribution < -0.4 is 0 Å². The van der Waals surface area contributed by atoms with Gasteiger partial charge in [0.05, 0.1) is 11.5 Å². The summed E-state index contributed by atoms with van der Waals surface area (Å²) in [6.45, 7) is 6.47. The second-order valence-electron chi connectivity index (χ2n) is 7.11. The molecule has 1 unspecified atom stereocenters. The van der Waals surface area contributed by atoms with Gasteiger partial charge in [-0.2, -0.15) is 0 Å². The highest BCUT2D eigenvalue weighted by molar-refractivity contribution is 5.84. The molecule has 0 bridgehead atoms. The van der Waals surface area contributed by atoms with Gasteiger partial charge in [-0.15, -0.1) is 6.58 Å².